The summed E-state index contributed by atoms with van der Waals surface area (Å²) in [4.78, 5) is 48.7. The van der Waals surface area contributed by atoms with Crippen molar-refractivity contribution in [3.05, 3.63) is 75.2 Å². The smallest absolute Gasteiger partial charge is 0.273 e. The summed E-state index contributed by atoms with van der Waals surface area (Å²) in [7, 11) is 0. The van der Waals surface area contributed by atoms with Crippen molar-refractivity contribution in [3.8, 4) is 5.75 Å². The molecule has 0 unspecified atom stereocenters. The number of carbonyl (C=O) groups excluding carboxylic acids is 3. The highest BCUT2D eigenvalue weighted by atomic mass is 35.5. The molecule has 0 spiro atoms. The molecule has 0 N–H and O–H groups in total. The Morgan fingerprint density at radius 2 is 1.59 bits per heavy atom. The van der Waals surface area contributed by atoms with Crippen molar-refractivity contribution in [2.24, 2.45) is 0 Å². The molecule has 216 valence electrons. The third-order valence-electron chi connectivity index (χ3n) is 7.80. The minimum Gasteiger partial charge on any atom is -0.476 e. The number of benzene rings is 2. The molecule has 3 aromatic rings. The second-order valence-corrected chi connectivity index (χ2v) is 12.4. The van der Waals surface area contributed by atoms with Crippen LogP contribution in [0.15, 0.2) is 53.9 Å². The van der Waals surface area contributed by atoms with E-state index in [1.165, 1.54) is 11.3 Å². The Morgan fingerprint density at radius 1 is 0.927 bits per heavy atom. The Hall–Kier alpha value is -3.43. The summed E-state index contributed by atoms with van der Waals surface area (Å²) in [5, 5.41) is 3.29. The predicted octanol–water partition coefficient (Wildman–Crippen LogP) is 5.53. The van der Waals surface area contributed by atoms with Gasteiger partial charge in [-0.25, -0.2) is 4.98 Å². The highest BCUT2D eigenvalue weighted by Gasteiger charge is 2.37. The van der Waals surface area contributed by atoms with Crippen LogP contribution in [0.5, 0.6) is 5.75 Å². The monoisotopic (exact) mass is 594 g/mol. The Bertz CT molecular complexity index is 1410. The Labute approximate surface area is 249 Å². The van der Waals surface area contributed by atoms with Crippen molar-refractivity contribution < 1.29 is 19.1 Å². The van der Waals surface area contributed by atoms with E-state index < -0.39 is 5.60 Å². The van der Waals surface area contributed by atoms with Crippen LogP contribution in [0.3, 0.4) is 0 Å². The number of amides is 2. The number of Topliss-reactive ketones (excluding diaryl/α,β-unsaturated/α-hetero) is 1. The quantitative estimate of drug-likeness (QED) is 0.335. The van der Waals surface area contributed by atoms with Crippen molar-refractivity contribution >= 4 is 46.2 Å². The molecule has 10 heteroatoms. The molecule has 0 radical (unpaired) electrons. The normalized spacial score (nSPS) is 16.5. The molecular formula is C31H35ClN4O4S. The van der Waals surface area contributed by atoms with Gasteiger partial charge in [0.25, 0.3) is 11.8 Å². The molecule has 2 aromatic carbocycles. The van der Waals surface area contributed by atoms with Gasteiger partial charge in [-0.15, -0.1) is 11.3 Å². The van der Waals surface area contributed by atoms with E-state index in [0.717, 1.165) is 36.6 Å². The van der Waals surface area contributed by atoms with E-state index >= 15 is 0 Å². The number of halogens is 1. The maximum atomic E-state index is 13.3. The Morgan fingerprint density at radius 3 is 2.22 bits per heavy atom. The minimum absolute atomic E-state index is 0.0369. The number of aromatic nitrogens is 1. The van der Waals surface area contributed by atoms with Crippen molar-refractivity contribution in [3.63, 3.8) is 0 Å². The van der Waals surface area contributed by atoms with Gasteiger partial charge in [0.1, 0.15) is 11.4 Å². The van der Waals surface area contributed by atoms with Crippen LogP contribution in [0, 0.1) is 0 Å². The summed E-state index contributed by atoms with van der Waals surface area (Å²) in [6.07, 6.45) is 1.58. The van der Waals surface area contributed by atoms with E-state index in [1.807, 2.05) is 51.6 Å². The topological polar surface area (TPSA) is 83.1 Å². The third kappa shape index (κ3) is 6.57. The summed E-state index contributed by atoms with van der Waals surface area (Å²) in [6.45, 7) is 9.01. The van der Waals surface area contributed by atoms with Gasteiger partial charge in [0, 0.05) is 61.8 Å². The van der Waals surface area contributed by atoms with Crippen LogP contribution < -0.4 is 9.64 Å². The predicted molar refractivity (Wildman–Crippen MR) is 161 cm³/mol. The number of para-hydroxylation sites is 1. The van der Waals surface area contributed by atoms with Crippen LogP contribution in [0.2, 0.25) is 5.02 Å². The van der Waals surface area contributed by atoms with E-state index in [2.05, 4.69) is 4.90 Å². The number of hydrogen-bond acceptors (Lipinski definition) is 7. The molecule has 3 heterocycles. The van der Waals surface area contributed by atoms with Gasteiger partial charge in [0.15, 0.2) is 11.4 Å². The molecule has 2 aliphatic rings. The number of anilines is 1. The zero-order valence-electron chi connectivity index (χ0n) is 23.6. The van der Waals surface area contributed by atoms with Crippen LogP contribution in [-0.4, -0.2) is 77.3 Å². The van der Waals surface area contributed by atoms with E-state index in [9.17, 15) is 14.4 Å². The van der Waals surface area contributed by atoms with Gasteiger partial charge in [-0.2, -0.15) is 0 Å². The number of piperidine rings is 1. The number of hydrogen-bond donors (Lipinski definition) is 0. The van der Waals surface area contributed by atoms with Crippen molar-refractivity contribution in [1.82, 2.24) is 14.8 Å². The summed E-state index contributed by atoms with van der Waals surface area (Å²) in [5.41, 5.74) is 1.21. The lowest BCUT2D eigenvalue weighted by Gasteiger charge is -2.36. The fourth-order valence-corrected chi connectivity index (χ4v) is 6.51. The first kappa shape index (κ1) is 29.1. The number of carbonyl (C=O) groups is 3. The maximum Gasteiger partial charge on any atom is 0.273 e. The number of ketones is 1. The van der Waals surface area contributed by atoms with Gasteiger partial charge in [0.05, 0.1) is 10.0 Å². The molecule has 8 nitrogen and oxygen atoms in total. The number of likely N-dealkylation sites (tertiary alicyclic amines) is 1. The van der Waals surface area contributed by atoms with E-state index in [1.54, 1.807) is 32.9 Å². The van der Waals surface area contributed by atoms with E-state index in [4.69, 9.17) is 21.3 Å². The zero-order chi connectivity index (χ0) is 29.1. The van der Waals surface area contributed by atoms with Crippen LogP contribution in [0.25, 0.3) is 0 Å². The largest absolute Gasteiger partial charge is 0.476 e. The number of rotatable bonds is 7. The standard InChI is InChI=1S/C31H35ClN4O4S/c1-21(37)22-8-10-24(11-9-22)34-16-18-35(19-17-34)29(38)26-20-41-28(33-26)23-12-14-36(15-13-23)30(39)31(2,3)40-27-7-5-4-6-25(27)32/h4-11,20,23H,12-19H2,1-3H3. The number of nitrogens with zero attached hydrogens (tertiary/aromatic N) is 4. The minimum atomic E-state index is -1.04. The fraction of sp³-hybridized carbons (Fsp3) is 0.419. The molecule has 0 bridgehead atoms. The van der Waals surface area contributed by atoms with Gasteiger partial charge < -0.3 is 19.4 Å². The van der Waals surface area contributed by atoms with Crippen molar-refractivity contribution in [2.75, 3.05) is 44.2 Å². The van der Waals surface area contributed by atoms with Crippen LogP contribution >= 0.6 is 22.9 Å². The van der Waals surface area contributed by atoms with E-state index in [-0.39, 0.29) is 23.5 Å². The maximum absolute atomic E-state index is 13.3. The lowest BCUT2D eigenvalue weighted by molar-refractivity contribution is -0.146. The fourth-order valence-electron chi connectivity index (χ4n) is 5.37. The molecule has 0 aliphatic carbocycles. The first-order chi connectivity index (χ1) is 19.6. The average Bonchev–Trinajstić information content (AvgIpc) is 3.48. The van der Waals surface area contributed by atoms with Crippen LogP contribution in [0.4, 0.5) is 5.69 Å². The molecule has 1 aromatic heterocycles. The van der Waals surface area contributed by atoms with Crippen LogP contribution in [0.1, 0.15) is 65.4 Å². The van der Waals surface area contributed by atoms with Crippen LogP contribution in [-0.2, 0) is 4.79 Å². The second kappa shape index (κ2) is 12.2. The third-order valence-corrected chi connectivity index (χ3v) is 9.11. The van der Waals surface area contributed by atoms with Gasteiger partial charge in [-0.1, -0.05) is 23.7 Å². The number of ether oxygens (including phenoxy) is 1. The lowest BCUT2D eigenvalue weighted by Crippen LogP contribution is -2.51. The average molecular weight is 595 g/mol. The summed E-state index contributed by atoms with van der Waals surface area (Å²) < 4.78 is 6.00. The number of thiazole rings is 1. The van der Waals surface area contributed by atoms with Gasteiger partial charge in [0.2, 0.25) is 0 Å². The highest BCUT2D eigenvalue weighted by molar-refractivity contribution is 7.09. The molecular weight excluding hydrogens is 560 g/mol. The molecule has 0 atom stereocenters. The highest BCUT2D eigenvalue weighted by Crippen LogP contribution is 2.33. The Kier molecular flexibility index (Phi) is 8.66. The van der Waals surface area contributed by atoms with E-state index in [0.29, 0.717) is 48.2 Å². The molecule has 2 fully saturated rings. The van der Waals surface area contributed by atoms with Gasteiger partial charge in [-0.05, 0) is 70.0 Å². The molecule has 2 aliphatic heterocycles. The second-order valence-electron chi connectivity index (χ2n) is 11.1. The zero-order valence-corrected chi connectivity index (χ0v) is 25.2. The first-order valence-corrected chi connectivity index (χ1v) is 15.2. The summed E-state index contributed by atoms with van der Waals surface area (Å²) >= 11 is 7.76. The van der Waals surface area contributed by atoms with Crippen molar-refractivity contribution in [1.29, 1.82) is 0 Å². The van der Waals surface area contributed by atoms with Gasteiger partial charge in [-0.3, -0.25) is 14.4 Å². The SMILES string of the molecule is CC(=O)c1ccc(N2CCN(C(=O)c3csc(C4CCN(C(=O)C(C)(C)Oc5ccccc5Cl)CC4)n3)CC2)cc1. The summed E-state index contributed by atoms with van der Waals surface area (Å²) in [6, 6.07) is 14.8. The molecule has 2 amide bonds. The number of piperazine rings is 1. The molecule has 0 saturated carbocycles. The molecule has 2 saturated heterocycles. The molecule has 5 rings (SSSR count). The lowest BCUT2D eigenvalue weighted by atomic mass is 9.96. The summed E-state index contributed by atoms with van der Waals surface area (Å²) in [5.74, 6) is 0.655. The van der Waals surface area contributed by atoms with Crippen molar-refractivity contribution in [2.45, 2.75) is 45.1 Å². The van der Waals surface area contributed by atoms with Gasteiger partial charge >= 0.3 is 0 Å². The Balaban J connectivity index is 1.12. The first-order valence-electron chi connectivity index (χ1n) is 14.0. The molecule has 41 heavy (non-hydrogen) atoms.